The van der Waals surface area contributed by atoms with Crippen molar-refractivity contribution < 1.29 is 24.2 Å². The smallest absolute Gasteiger partial charge is 0.318 e. The summed E-state index contributed by atoms with van der Waals surface area (Å²) in [6.45, 7) is 6.67. The van der Waals surface area contributed by atoms with E-state index in [4.69, 9.17) is 4.74 Å². The summed E-state index contributed by atoms with van der Waals surface area (Å²) in [7, 11) is 1.26. The largest absolute Gasteiger partial charge is 0.468 e. The molecule has 0 fully saturated rings. The van der Waals surface area contributed by atoms with Gasteiger partial charge in [-0.15, -0.1) is 0 Å². The molecule has 1 aliphatic carbocycles. The Morgan fingerprint density at radius 1 is 1.38 bits per heavy atom. The topological polar surface area (TPSA) is 80.7 Å². The highest BCUT2D eigenvalue weighted by molar-refractivity contribution is 6.01. The number of ether oxygens (including phenoxy) is 1. The molecule has 24 heavy (non-hydrogen) atoms. The Hall–Kier alpha value is -2.01. The molecule has 1 rings (SSSR count). The molecule has 5 nitrogen and oxygen atoms in total. The third-order valence-corrected chi connectivity index (χ3v) is 4.51. The van der Waals surface area contributed by atoms with E-state index in [9.17, 15) is 19.5 Å². The van der Waals surface area contributed by atoms with Crippen LogP contribution in [0.5, 0.6) is 0 Å². The van der Waals surface area contributed by atoms with E-state index in [1.54, 1.807) is 32.9 Å². The fraction of sp³-hybridized carbons (Fsp3) is 0.526. The third kappa shape index (κ3) is 4.29. The summed E-state index contributed by atoms with van der Waals surface area (Å²) in [5.41, 5.74) is 0.567. The molecule has 0 radical (unpaired) electrons. The van der Waals surface area contributed by atoms with Gasteiger partial charge in [-0.1, -0.05) is 23.8 Å². The number of Topliss-reactive ketones (excluding diaryl/α,β-unsaturated/α-hetero) is 2. The van der Waals surface area contributed by atoms with Crippen molar-refractivity contribution in [1.82, 2.24) is 0 Å². The number of carbonyl (C=O) groups excluding carboxylic acids is 3. The number of hydrogen-bond donors (Lipinski definition) is 1. The first-order valence-corrected chi connectivity index (χ1v) is 7.99. The van der Waals surface area contributed by atoms with Gasteiger partial charge in [0.1, 0.15) is 11.2 Å². The Labute approximate surface area is 143 Å². The molecule has 0 aromatic carbocycles. The Balaban J connectivity index is 3.17. The molecule has 132 valence electrons. The number of allylic oxidation sites excluding steroid dienone is 5. The van der Waals surface area contributed by atoms with Gasteiger partial charge in [-0.2, -0.15) is 0 Å². The zero-order valence-corrected chi connectivity index (χ0v) is 15.0. The maximum Gasteiger partial charge on any atom is 0.318 e. The summed E-state index contributed by atoms with van der Waals surface area (Å²) in [4.78, 5) is 35.3. The fourth-order valence-electron chi connectivity index (χ4n) is 2.79. The number of esters is 1. The van der Waals surface area contributed by atoms with Gasteiger partial charge in [0, 0.05) is 12.8 Å². The van der Waals surface area contributed by atoms with Crippen molar-refractivity contribution in [1.29, 1.82) is 0 Å². The monoisotopic (exact) mass is 334 g/mol. The van der Waals surface area contributed by atoms with E-state index in [1.165, 1.54) is 7.11 Å². The maximum absolute atomic E-state index is 12.2. The number of rotatable bonds is 6. The van der Waals surface area contributed by atoms with Gasteiger partial charge >= 0.3 is 5.97 Å². The van der Waals surface area contributed by atoms with Gasteiger partial charge in [-0.3, -0.25) is 9.59 Å². The van der Waals surface area contributed by atoms with Crippen LogP contribution in [0.3, 0.4) is 0 Å². The summed E-state index contributed by atoms with van der Waals surface area (Å²) >= 11 is 0. The van der Waals surface area contributed by atoms with E-state index in [1.807, 2.05) is 13.0 Å². The molecule has 0 bridgehead atoms. The van der Waals surface area contributed by atoms with Gasteiger partial charge in [-0.05, 0) is 45.3 Å². The van der Waals surface area contributed by atoms with Crippen molar-refractivity contribution in [3.8, 4) is 0 Å². The van der Waals surface area contributed by atoms with Crippen molar-refractivity contribution in [2.45, 2.75) is 53.1 Å². The van der Waals surface area contributed by atoms with Crippen LogP contribution in [0, 0.1) is 5.41 Å². The van der Waals surface area contributed by atoms with Gasteiger partial charge in [0.2, 0.25) is 0 Å². The van der Waals surface area contributed by atoms with Crippen LogP contribution in [-0.2, 0) is 19.1 Å². The molecule has 0 aromatic heterocycles. The summed E-state index contributed by atoms with van der Waals surface area (Å²) in [5, 5.41) is 10.3. The van der Waals surface area contributed by atoms with Gasteiger partial charge in [0.25, 0.3) is 0 Å². The van der Waals surface area contributed by atoms with Crippen LogP contribution in [0.4, 0.5) is 0 Å². The predicted octanol–water partition coefficient (Wildman–Crippen LogP) is 2.69. The van der Waals surface area contributed by atoms with Crippen molar-refractivity contribution in [3.63, 3.8) is 0 Å². The highest BCUT2D eigenvalue weighted by Gasteiger charge is 2.49. The van der Waals surface area contributed by atoms with E-state index in [0.29, 0.717) is 24.0 Å². The lowest BCUT2D eigenvalue weighted by Gasteiger charge is -2.37. The van der Waals surface area contributed by atoms with Crippen LogP contribution >= 0.6 is 0 Å². The average Bonchev–Trinajstić information content (AvgIpc) is 2.51. The molecule has 0 saturated carbocycles. The summed E-state index contributed by atoms with van der Waals surface area (Å²) in [6, 6.07) is 0. The van der Waals surface area contributed by atoms with Crippen molar-refractivity contribution in [2.24, 2.45) is 5.41 Å². The van der Waals surface area contributed by atoms with Gasteiger partial charge in [-0.25, -0.2) is 0 Å². The minimum atomic E-state index is -1.27. The van der Waals surface area contributed by atoms with Gasteiger partial charge < -0.3 is 14.6 Å². The van der Waals surface area contributed by atoms with Crippen LogP contribution in [0.2, 0.25) is 0 Å². The molecule has 0 aromatic rings. The molecule has 1 N–H and O–H groups in total. The molecule has 1 aliphatic rings. The van der Waals surface area contributed by atoms with E-state index in [0.717, 1.165) is 5.57 Å². The molecular formula is C19H26O5. The quantitative estimate of drug-likeness (QED) is 0.597. The van der Waals surface area contributed by atoms with E-state index < -0.39 is 17.5 Å². The van der Waals surface area contributed by atoms with E-state index >= 15 is 0 Å². The second kappa shape index (κ2) is 8.20. The highest BCUT2D eigenvalue weighted by Crippen LogP contribution is 2.41. The van der Waals surface area contributed by atoms with Crippen LogP contribution in [0.1, 0.15) is 47.0 Å². The summed E-state index contributed by atoms with van der Waals surface area (Å²) in [5.74, 6) is -0.623. The normalized spacial score (nSPS) is 25.3. The van der Waals surface area contributed by atoms with Crippen molar-refractivity contribution in [2.75, 3.05) is 7.11 Å². The van der Waals surface area contributed by atoms with Gasteiger partial charge in [0.05, 0.1) is 13.2 Å². The molecule has 0 aliphatic heterocycles. The third-order valence-electron chi connectivity index (χ3n) is 4.51. The number of aliphatic hydroxyl groups is 1. The number of aliphatic hydroxyl groups excluding tert-OH is 1. The van der Waals surface area contributed by atoms with Crippen LogP contribution in [0.15, 0.2) is 34.9 Å². The molecule has 2 atom stereocenters. The van der Waals surface area contributed by atoms with Crippen molar-refractivity contribution >= 4 is 17.5 Å². The molecular weight excluding hydrogens is 308 g/mol. The first-order chi connectivity index (χ1) is 11.1. The maximum atomic E-state index is 12.2. The lowest BCUT2D eigenvalue weighted by molar-refractivity contribution is -0.156. The van der Waals surface area contributed by atoms with Crippen LogP contribution in [0.25, 0.3) is 0 Å². The second-order valence-corrected chi connectivity index (χ2v) is 6.40. The summed E-state index contributed by atoms with van der Waals surface area (Å²) < 4.78 is 4.84. The summed E-state index contributed by atoms with van der Waals surface area (Å²) in [6.07, 6.45) is 5.29. The number of carbonyl (C=O) groups is 3. The minimum Gasteiger partial charge on any atom is -0.468 e. The molecule has 5 heteroatoms. The number of methoxy groups -OCH3 is 1. The molecule has 0 amide bonds. The zero-order chi connectivity index (χ0) is 18.5. The average molecular weight is 334 g/mol. The molecule has 0 saturated heterocycles. The number of ketones is 2. The first-order valence-electron chi connectivity index (χ1n) is 7.99. The Morgan fingerprint density at radius 2 is 2.00 bits per heavy atom. The van der Waals surface area contributed by atoms with E-state index in [2.05, 4.69) is 0 Å². The lowest BCUT2D eigenvalue weighted by Crippen LogP contribution is -2.46. The predicted molar refractivity (Wildman–Crippen MR) is 91.3 cm³/mol. The highest BCUT2D eigenvalue weighted by atomic mass is 16.5. The van der Waals surface area contributed by atoms with Crippen LogP contribution < -0.4 is 0 Å². The number of hydrogen-bond acceptors (Lipinski definition) is 5. The van der Waals surface area contributed by atoms with Crippen molar-refractivity contribution in [3.05, 3.63) is 34.9 Å². The molecule has 0 spiro atoms. The van der Waals surface area contributed by atoms with E-state index in [-0.39, 0.29) is 18.0 Å². The Morgan fingerprint density at radius 3 is 2.54 bits per heavy atom. The minimum absolute atomic E-state index is 0.0950. The lowest BCUT2D eigenvalue weighted by atomic mass is 9.68. The first kappa shape index (κ1) is 20.0. The molecule has 0 heterocycles. The standard InChI is InChI=1S/C19H26O5/c1-12(7-6-8-13(2)20)9-10-15-14(3)16(21)11-17(22)19(15,4)18(23)24-5/h7,9-10,17,22H,6,8,11H2,1-5H3/b10-9+,12-7-/t17-,19+/m0/s1. The van der Waals surface area contributed by atoms with Gasteiger partial charge in [0.15, 0.2) is 5.78 Å². The molecule has 0 unspecified atom stereocenters. The second-order valence-electron chi connectivity index (χ2n) is 6.40. The Bertz CT molecular complexity index is 624. The fourth-order valence-corrected chi connectivity index (χ4v) is 2.79. The van der Waals surface area contributed by atoms with Crippen LogP contribution in [-0.4, -0.2) is 35.9 Å². The zero-order valence-electron chi connectivity index (χ0n) is 15.0. The Kier molecular flexibility index (Phi) is 6.84. The SMILES string of the molecule is COC(=O)[C@]1(C)C(/C=C/C(C)=C\CCC(C)=O)=C(C)C(=O)C[C@@H]1O.